The molecule has 0 radical (unpaired) electrons. The second-order valence-electron chi connectivity index (χ2n) is 2.71. The van der Waals surface area contributed by atoms with Crippen molar-refractivity contribution in [2.75, 3.05) is 6.54 Å². The van der Waals surface area contributed by atoms with Crippen molar-refractivity contribution in [1.82, 2.24) is 0 Å². The number of hydrogen-bond donors (Lipinski definition) is 3. The lowest BCUT2D eigenvalue weighted by molar-refractivity contribution is -0.110. The number of unbranched alkanes of at least 4 members (excludes halogenated alkanes) is 1. The molecule has 0 amide bonds. The van der Waals surface area contributed by atoms with Crippen LogP contribution in [-0.2, 0) is 4.79 Å². The molecule has 0 aliphatic heterocycles. The minimum Gasteiger partial charge on any atom is -0.370 e. The Hall–Kier alpha value is -0.370. The van der Waals surface area contributed by atoms with Crippen LogP contribution in [0.1, 0.15) is 19.3 Å². The number of carbonyl (C=O) groups excluding carboxylic acids is 1. The van der Waals surface area contributed by atoms with E-state index in [1.54, 1.807) is 22.6 Å². The molecule has 0 heterocycles. The first-order chi connectivity index (χ1) is 6.04. The van der Waals surface area contributed by atoms with Crippen LogP contribution in [0.2, 0.25) is 0 Å². The van der Waals surface area contributed by atoms with Gasteiger partial charge in [0.05, 0.1) is 6.04 Å². The predicted molar refractivity (Wildman–Crippen MR) is 61.5 cm³/mol. The fourth-order valence-electron chi connectivity index (χ4n) is 0.798. The summed E-state index contributed by atoms with van der Waals surface area (Å²) in [6, 6.07) is -0.347. The van der Waals surface area contributed by atoms with Gasteiger partial charge in [-0.05, 0) is 19.3 Å². The number of carbonyl (C=O) groups is 1. The average molecular weight is 298 g/mol. The molecule has 13 heavy (non-hydrogen) atoms. The van der Waals surface area contributed by atoms with Gasteiger partial charge in [0.1, 0.15) is 0 Å². The van der Waals surface area contributed by atoms with Crippen molar-refractivity contribution in [3.63, 3.8) is 0 Å². The van der Waals surface area contributed by atoms with E-state index in [0.29, 0.717) is 13.0 Å². The molecule has 0 unspecified atom stereocenters. The van der Waals surface area contributed by atoms with E-state index in [1.807, 2.05) is 0 Å². The lowest BCUT2D eigenvalue weighted by atomic mass is 10.1. The molecular formula is C7H15IN4O. The Bertz CT molecular complexity index is 191. The van der Waals surface area contributed by atoms with Gasteiger partial charge >= 0.3 is 0 Å². The van der Waals surface area contributed by atoms with Crippen LogP contribution in [0.15, 0.2) is 4.99 Å². The molecule has 6 heteroatoms. The van der Waals surface area contributed by atoms with Crippen LogP contribution in [0, 0.1) is 0 Å². The molecule has 0 spiro atoms. The third-order valence-electron chi connectivity index (χ3n) is 1.51. The van der Waals surface area contributed by atoms with Crippen molar-refractivity contribution in [2.24, 2.45) is 22.2 Å². The summed E-state index contributed by atoms with van der Waals surface area (Å²) >= 11 is 1.71. The maximum absolute atomic E-state index is 10.7. The van der Waals surface area contributed by atoms with Gasteiger partial charge in [-0.1, -0.05) is 0 Å². The van der Waals surface area contributed by atoms with Crippen LogP contribution >= 0.6 is 22.6 Å². The average Bonchev–Trinajstić information content (AvgIpc) is 2.02. The lowest BCUT2D eigenvalue weighted by Crippen LogP contribution is -2.26. The number of halogens is 1. The maximum atomic E-state index is 10.7. The van der Waals surface area contributed by atoms with E-state index >= 15 is 0 Å². The monoisotopic (exact) mass is 298 g/mol. The van der Waals surface area contributed by atoms with Gasteiger partial charge in [0.15, 0.2) is 5.96 Å². The normalized spacial score (nSPS) is 12.2. The molecule has 0 saturated carbocycles. The van der Waals surface area contributed by atoms with Gasteiger partial charge in [-0.3, -0.25) is 9.79 Å². The van der Waals surface area contributed by atoms with Crippen molar-refractivity contribution in [2.45, 2.75) is 25.3 Å². The number of aliphatic imine (C=N–C) groups is 1. The summed E-state index contributed by atoms with van der Waals surface area (Å²) in [4.78, 5) is 14.5. The van der Waals surface area contributed by atoms with Gasteiger partial charge in [0.25, 0.3) is 0 Å². The summed E-state index contributed by atoms with van der Waals surface area (Å²) < 4.78 is -0.000518. The SMILES string of the molecule is NC(N)=NCCCC[C@H](N)C(=O)I. The maximum Gasteiger partial charge on any atom is 0.208 e. The predicted octanol–water partition coefficient (Wildman–Crippen LogP) is -0.281. The highest BCUT2D eigenvalue weighted by Gasteiger charge is 2.07. The van der Waals surface area contributed by atoms with Crippen LogP contribution in [0.4, 0.5) is 0 Å². The van der Waals surface area contributed by atoms with Gasteiger partial charge in [0.2, 0.25) is 3.79 Å². The highest BCUT2D eigenvalue weighted by Crippen LogP contribution is 2.03. The molecule has 6 N–H and O–H groups in total. The first-order valence-corrected chi connectivity index (χ1v) is 5.12. The third-order valence-corrected chi connectivity index (χ3v) is 2.31. The van der Waals surface area contributed by atoms with Gasteiger partial charge in [-0.2, -0.15) is 0 Å². The van der Waals surface area contributed by atoms with Crippen molar-refractivity contribution >= 4 is 32.3 Å². The Morgan fingerprint density at radius 3 is 2.46 bits per heavy atom. The Kier molecular flexibility index (Phi) is 6.87. The van der Waals surface area contributed by atoms with Crippen LogP contribution < -0.4 is 17.2 Å². The van der Waals surface area contributed by atoms with Crippen LogP contribution in [-0.4, -0.2) is 22.3 Å². The van der Waals surface area contributed by atoms with E-state index in [4.69, 9.17) is 17.2 Å². The number of guanidine groups is 1. The number of nitrogens with zero attached hydrogens (tertiary/aromatic N) is 1. The highest BCUT2D eigenvalue weighted by atomic mass is 127. The van der Waals surface area contributed by atoms with Gasteiger partial charge in [-0.25, -0.2) is 0 Å². The van der Waals surface area contributed by atoms with E-state index in [-0.39, 0.29) is 15.8 Å². The molecule has 0 aliphatic rings. The molecule has 0 rings (SSSR count). The first kappa shape index (κ1) is 12.6. The second-order valence-corrected chi connectivity index (χ2v) is 3.78. The first-order valence-electron chi connectivity index (χ1n) is 4.04. The van der Waals surface area contributed by atoms with Crippen molar-refractivity contribution < 1.29 is 4.79 Å². The molecular weight excluding hydrogens is 283 g/mol. The Morgan fingerprint density at radius 1 is 1.38 bits per heavy atom. The fraction of sp³-hybridized carbons (Fsp3) is 0.714. The summed E-state index contributed by atoms with van der Waals surface area (Å²) in [5.74, 6) is 0.106. The minimum atomic E-state index is -0.347. The Balaban J connectivity index is 3.36. The van der Waals surface area contributed by atoms with Crippen LogP contribution in [0.5, 0.6) is 0 Å². The molecule has 0 fully saturated rings. The third kappa shape index (κ3) is 7.97. The molecule has 76 valence electrons. The minimum absolute atomic E-state index is 0.000518. The Morgan fingerprint density at radius 2 is 2.00 bits per heavy atom. The zero-order valence-corrected chi connectivity index (χ0v) is 9.53. The molecule has 0 aromatic heterocycles. The highest BCUT2D eigenvalue weighted by molar-refractivity contribution is 14.1. The van der Waals surface area contributed by atoms with Crippen molar-refractivity contribution in [3.05, 3.63) is 0 Å². The van der Waals surface area contributed by atoms with E-state index in [9.17, 15) is 4.79 Å². The molecule has 5 nitrogen and oxygen atoms in total. The summed E-state index contributed by atoms with van der Waals surface area (Å²) in [5.41, 5.74) is 15.8. The topological polar surface area (TPSA) is 107 Å². The van der Waals surface area contributed by atoms with E-state index in [2.05, 4.69) is 4.99 Å². The van der Waals surface area contributed by atoms with E-state index < -0.39 is 0 Å². The molecule has 1 atom stereocenters. The number of rotatable bonds is 6. The van der Waals surface area contributed by atoms with Crippen molar-refractivity contribution in [3.8, 4) is 0 Å². The smallest absolute Gasteiger partial charge is 0.208 e. The second kappa shape index (κ2) is 7.07. The number of nitrogens with two attached hydrogens (primary N) is 3. The van der Waals surface area contributed by atoms with Gasteiger partial charge in [-0.15, -0.1) is 0 Å². The van der Waals surface area contributed by atoms with E-state index in [1.165, 1.54) is 0 Å². The molecule has 0 aromatic carbocycles. The molecule has 0 aromatic rings. The zero-order valence-electron chi connectivity index (χ0n) is 7.37. The quantitative estimate of drug-likeness (QED) is 0.206. The van der Waals surface area contributed by atoms with Gasteiger partial charge < -0.3 is 17.2 Å². The van der Waals surface area contributed by atoms with Crippen LogP contribution in [0.25, 0.3) is 0 Å². The largest absolute Gasteiger partial charge is 0.370 e. The summed E-state index contributed by atoms with van der Waals surface area (Å²) in [6.45, 7) is 0.602. The van der Waals surface area contributed by atoms with E-state index in [0.717, 1.165) is 12.8 Å². The van der Waals surface area contributed by atoms with Crippen LogP contribution in [0.3, 0.4) is 0 Å². The van der Waals surface area contributed by atoms with Crippen molar-refractivity contribution in [1.29, 1.82) is 0 Å². The zero-order chi connectivity index (χ0) is 10.3. The number of hydrogen-bond acceptors (Lipinski definition) is 3. The van der Waals surface area contributed by atoms with Gasteiger partial charge in [0, 0.05) is 29.1 Å². The summed E-state index contributed by atoms with van der Waals surface area (Å²) in [6.07, 6.45) is 2.42. The summed E-state index contributed by atoms with van der Waals surface area (Å²) in [5, 5.41) is 0. The fourth-order valence-corrected chi connectivity index (χ4v) is 1.11. The molecule has 0 aliphatic carbocycles. The summed E-state index contributed by atoms with van der Waals surface area (Å²) in [7, 11) is 0. The molecule has 0 saturated heterocycles. The molecule has 0 bridgehead atoms. The standard InChI is InChI=1S/C7H15IN4O/c8-6(13)5(9)3-1-2-4-12-7(10)11/h5H,1-4,9H2,(H4,10,11,12)/t5-/m0/s1. The lowest BCUT2D eigenvalue weighted by Gasteiger charge is -2.04. The Labute approximate surface area is 91.3 Å².